The van der Waals surface area contributed by atoms with Gasteiger partial charge in [0.05, 0.1) is 10.6 Å². The maximum atomic E-state index is 13.2. The third-order valence-corrected chi connectivity index (χ3v) is 4.06. The van der Waals surface area contributed by atoms with Gasteiger partial charge in [-0.2, -0.15) is 12.8 Å². The number of fused-ring (bicyclic) bond motifs is 1. The number of hydrogen-bond donors (Lipinski definition) is 0. The number of sulfonamides is 1. The molecule has 0 radical (unpaired) electrons. The first-order chi connectivity index (χ1) is 8.58. The number of rotatable bonds is 1. The molecule has 2 aromatic carbocycles. The fourth-order valence-electron chi connectivity index (χ4n) is 1.95. The van der Waals surface area contributed by atoms with Crippen LogP contribution in [0.3, 0.4) is 0 Å². The molecule has 0 unspecified atom stereocenters. The van der Waals surface area contributed by atoms with Gasteiger partial charge >= 0.3 is 0 Å². The van der Waals surface area contributed by atoms with Crippen molar-refractivity contribution in [2.24, 2.45) is 4.40 Å². The molecule has 3 nitrogen and oxygen atoms in total. The van der Waals surface area contributed by atoms with Crippen LogP contribution < -0.4 is 0 Å². The fraction of sp³-hybridized carbons (Fsp3) is 0. The van der Waals surface area contributed by atoms with Crippen LogP contribution in [0.4, 0.5) is 4.39 Å². The van der Waals surface area contributed by atoms with E-state index in [1.807, 2.05) is 0 Å². The Morgan fingerprint density at radius 3 is 2.56 bits per heavy atom. The third-order valence-electron chi connectivity index (χ3n) is 2.73. The van der Waals surface area contributed by atoms with Crippen LogP contribution in [0.1, 0.15) is 11.1 Å². The Kier molecular flexibility index (Phi) is 2.31. The van der Waals surface area contributed by atoms with Crippen LogP contribution in [0.25, 0.3) is 0 Å². The van der Waals surface area contributed by atoms with Crippen molar-refractivity contribution < 1.29 is 12.8 Å². The molecule has 18 heavy (non-hydrogen) atoms. The summed E-state index contributed by atoms with van der Waals surface area (Å²) in [5, 5.41) is 0. The molecular formula is C13H8FNO2S. The van der Waals surface area contributed by atoms with Crippen molar-refractivity contribution >= 4 is 15.7 Å². The Bertz CT molecular complexity index is 766. The molecule has 5 heteroatoms. The summed E-state index contributed by atoms with van der Waals surface area (Å²) in [5.74, 6) is -0.419. The molecule has 0 spiro atoms. The molecule has 0 aromatic heterocycles. The lowest BCUT2D eigenvalue weighted by molar-refractivity contribution is 0.599. The van der Waals surface area contributed by atoms with Gasteiger partial charge in [-0.25, -0.2) is 4.39 Å². The molecule has 0 saturated heterocycles. The van der Waals surface area contributed by atoms with Crippen LogP contribution in [0.2, 0.25) is 0 Å². The molecule has 0 amide bonds. The van der Waals surface area contributed by atoms with Gasteiger partial charge in [-0.3, -0.25) is 0 Å². The molecule has 90 valence electrons. The van der Waals surface area contributed by atoms with Crippen molar-refractivity contribution in [1.82, 2.24) is 0 Å². The number of nitrogens with zero attached hydrogens (tertiary/aromatic N) is 1. The summed E-state index contributed by atoms with van der Waals surface area (Å²) in [6.45, 7) is 0. The molecule has 1 aliphatic heterocycles. The van der Waals surface area contributed by atoms with E-state index in [4.69, 9.17) is 0 Å². The van der Waals surface area contributed by atoms with Crippen molar-refractivity contribution in [3.8, 4) is 0 Å². The summed E-state index contributed by atoms with van der Waals surface area (Å²) in [5.41, 5.74) is 1.27. The second-order valence-corrected chi connectivity index (χ2v) is 5.49. The van der Waals surface area contributed by atoms with E-state index < -0.39 is 15.8 Å². The van der Waals surface area contributed by atoms with Crippen LogP contribution in [-0.4, -0.2) is 14.1 Å². The van der Waals surface area contributed by atoms with E-state index in [1.54, 1.807) is 24.3 Å². The van der Waals surface area contributed by atoms with Crippen LogP contribution in [0.15, 0.2) is 57.8 Å². The highest BCUT2D eigenvalue weighted by Gasteiger charge is 2.28. The zero-order valence-corrected chi connectivity index (χ0v) is 9.99. The van der Waals surface area contributed by atoms with Gasteiger partial charge < -0.3 is 0 Å². The van der Waals surface area contributed by atoms with Crippen molar-refractivity contribution in [1.29, 1.82) is 0 Å². The van der Waals surface area contributed by atoms with Gasteiger partial charge in [-0.05, 0) is 18.2 Å². The molecule has 0 atom stereocenters. The standard InChI is InChI=1S/C13H8FNO2S/c14-10-5-3-4-9(8-10)13-11-6-1-2-7-12(11)18(16,17)15-13/h1-8H. The third kappa shape index (κ3) is 1.64. The maximum absolute atomic E-state index is 13.2. The van der Waals surface area contributed by atoms with E-state index >= 15 is 0 Å². The minimum absolute atomic E-state index is 0.171. The van der Waals surface area contributed by atoms with Crippen molar-refractivity contribution in [2.75, 3.05) is 0 Å². The van der Waals surface area contributed by atoms with Gasteiger partial charge in [0.15, 0.2) is 0 Å². The monoisotopic (exact) mass is 261 g/mol. The summed E-state index contributed by atoms with van der Waals surface area (Å²) < 4.78 is 40.6. The van der Waals surface area contributed by atoms with Crippen LogP contribution in [0, 0.1) is 5.82 Å². The van der Waals surface area contributed by atoms with Crippen molar-refractivity contribution in [3.63, 3.8) is 0 Å². The fourth-order valence-corrected chi connectivity index (χ4v) is 3.19. The Morgan fingerprint density at radius 1 is 1.00 bits per heavy atom. The number of hydrogen-bond acceptors (Lipinski definition) is 2. The maximum Gasteiger partial charge on any atom is 0.283 e. The molecule has 1 heterocycles. The predicted molar refractivity (Wildman–Crippen MR) is 65.7 cm³/mol. The Labute approximate surface area is 104 Å². The van der Waals surface area contributed by atoms with Crippen molar-refractivity contribution in [2.45, 2.75) is 4.90 Å². The Morgan fingerprint density at radius 2 is 1.78 bits per heavy atom. The number of benzene rings is 2. The molecule has 3 rings (SSSR count). The summed E-state index contributed by atoms with van der Waals surface area (Å²) in [6, 6.07) is 12.3. The molecule has 0 saturated carbocycles. The Hall–Kier alpha value is -2.01. The van der Waals surface area contributed by atoms with Crippen molar-refractivity contribution in [3.05, 3.63) is 65.5 Å². The lowest BCUT2D eigenvalue weighted by Gasteiger charge is -2.01. The van der Waals surface area contributed by atoms with Crippen LogP contribution in [0.5, 0.6) is 0 Å². The van der Waals surface area contributed by atoms with E-state index in [0.29, 0.717) is 16.8 Å². The molecular weight excluding hydrogens is 253 g/mol. The second kappa shape index (κ2) is 3.74. The van der Waals surface area contributed by atoms with Gasteiger partial charge in [0.1, 0.15) is 5.82 Å². The van der Waals surface area contributed by atoms with E-state index in [0.717, 1.165) is 0 Å². The Balaban J connectivity index is 2.27. The molecule has 0 N–H and O–H groups in total. The second-order valence-electron chi connectivity index (χ2n) is 3.92. The van der Waals surface area contributed by atoms with Gasteiger partial charge in [-0.1, -0.05) is 30.3 Å². The summed E-state index contributed by atoms with van der Waals surface area (Å²) in [4.78, 5) is 0.171. The molecule has 1 aliphatic rings. The summed E-state index contributed by atoms with van der Waals surface area (Å²) in [6.07, 6.45) is 0. The molecule has 0 aliphatic carbocycles. The van der Waals surface area contributed by atoms with E-state index in [1.165, 1.54) is 24.3 Å². The average Bonchev–Trinajstić information content (AvgIpc) is 2.63. The predicted octanol–water partition coefficient (Wildman–Crippen LogP) is 2.37. The smallest absolute Gasteiger partial charge is 0.207 e. The summed E-state index contributed by atoms with van der Waals surface area (Å²) >= 11 is 0. The van der Waals surface area contributed by atoms with E-state index in [-0.39, 0.29) is 4.90 Å². The summed E-state index contributed by atoms with van der Waals surface area (Å²) in [7, 11) is -3.65. The van der Waals surface area contributed by atoms with Gasteiger partial charge in [0.2, 0.25) is 0 Å². The molecule has 0 fully saturated rings. The zero-order chi connectivity index (χ0) is 12.8. The van der Waals surface area contributed by atoms with Gasteiger partial charge in [0, 0.05) is 11.1 Å². The highest BCUT2D eigenvalue weighted by atomic mass is 32.2. The molecule has 2 aromatic rings. The first-order valence-corrected chi connectivity index (χ1v) is 6.72. The minimum Gasteiger partial charge on any atom is -0.207 e. The highest BCUT2D eigenvalue weighted by Crippen LogP contribution is 2.28. The molecule has 0 bridgehead atoms. The van der Waals surface area contributed by atoms with Gasteiger partial charge in [0.25, 0.3) is 10.0 Å². The lowest BCUT2D eigenvalue weighted by Crippen LogP contribution is -2.00. The highest BCUT2D eigenvalue weighted by molar-refractivity contribution is 7.90. The van der Waals surface area contributed by atoms with Crippen LogP contribution >= 0.6 is 0 Å². The largest absolute Gasteiger partial charge is 0.283 e. The van der Waals surface area contributed by atoms with Gasteiger partial charge in [-0.15, -0.1) is 0 Å². The topological polar surface area (TPSA) is 46.5 Å². The number of halogens is 1. The first kappa shape index (κ1) is 11.1. The minimum atomic E-state index is -3.65. The van der Waals surface area contributed by atoms with Crippen LogP contribution in [-0.2, 0) is 10.0 Å². The lowest BCUT2D eigenvalue weighted by atomic mass is 10.0. The average molecular weight is 261 g/mol. The quantitative estimate of drug-likeness (QED) is 0.791. The van der Waals surface area contributed by atoms with E-state index in [9.17, 15) is 12.8 Å². The zero-order valence-electron chi connectivity index (χ0n) is 9.17. The normalized spacial score (nSPS) is 16.2. The SMILES string of the molecule is O=S1(=O)N=C(c2cccc(F)c2)c2ccccc21. The first-order valence-electron chi connectivity index (χ1n) is 5.28. The van der Waals surface area contributed by atoms with E-state index in [2.05, 4.69) is 4.40 Å².